The average Bonchev–Trinajstić information content (AvgIpc) is 2.73. The van der Waals surface area contributed by atoms with E-state index in [0.29, 0.717) is 18.1 Å². The molecular formula is C17H23ClN4O2. The van der Waals surface area contributed by atoms with E-state index in [1.165, 1.54) is 0 Å². The summed E-state index contributed by atoms with van der Waals surface area (Å²) in [5.41, 5.74) is 1.96. The molecule has 0 aliphatic rings. The second-order valence-electron chi connectivity index (χ2n) is 6.83. The summed E-state index contributed by atoms with van der Waals surface area (Å²) in [7, 11) is 0. The van der Waals surface area contributed by atoms with Crippen LogP contribution in [0.25, 0.3) is 0 Å². The summed E-state index contributed by atoms with van der Waals surface area (Å²) in [4.78, 5) is 27.1. The van der Waals surface area contributed by atoms with Crippen LogP contribution < -0.4 is 10.9 Å². The van der Waals surface area contributed by atoms with Gasteiger partial charge in [-0.15, -0.1) is 0 Å². The highest BCUT2D eigenvalue weighted by atomic mass is 35.5. The fourth-order valence-corrected chi connectivity index (χ4v) is 2.49. The molecule has 6 nitrogen and oxygen atoms in total. The fraction of sp³-hybridized carbons (Fsp3) is 0.471. The highest BCUT2D eigenvalue weighted by Gasteiger charge is 2.17. The molecule has 2 aromatic rings. The molecule has 1 amide bonds. The number of hydrogen-bond donors (Lipinski definition) is 2. The smallest absolute Gasteiger partial charge is 0.261 e. The van der Waals surface area contributed by atoms with E-state index in [4.69, 9.17) is 11.6 Å². The number of nitrogens with one attached hydrogen (secondary N) is 2. The molecule has 0 aliphatic heterocycles. The van der Waals surface area contributed by atoms with E-state index in [1.807, 2.05) is 34.6 Å². The van der Waals surface area contributed by atoms with Crippen LogP contribution in [0.5, 0.6) is 0 Å². The molecule has 0 aromatic carbocycles. The second-order valence-corrected chi connectivity index (χ2v) is 7.21. The van der Waals surface area contributed by atoms with E-state index < -0.39 is 5.91 Å². The van der Waals surface area contributed by atoms with Crippen LogP contribution in [0.2, 0.25) is 5.02 Å². The lowest BCUT2D eigenvalue weighted by Gasteiger charge is -2.18. The Morgan fingerprint density at radius 1 is 1.33 bits per heavy atom. The molecule has 0 fully saturated rings. The van der Waals surface area contributed by atoms with Gasteiger partial charge in [-0.25, -0.2) is 0 Å². The summed E-state index contributed by atoms with van der Waals surface area (Å²) < 4.78 is 1.74. The molecule has 24 heavy (non-hydrogen) atoms. The number of carbonyl (C=O) groups is 1. The Kier molecular flexibility index (Phi) is 5.18. The zero-order valence-corrected chi connectivity index (χ0v) is 15.4. The lowest BCUT2D eigenvalue weighted by Crippen LogP contribution is -2.33. The Labute approximate surface area is 146 Å². The van der Waals surface area contributed by atoms with Crippen molar-refractivity contribution in [2.45, 2.75) is 46.6 Å². The number of aromatic amines is 1. The number of aromatic nitrogens is 3. The Balaban J connectivity index is 2.03. The maximum Gasteiger partial charge on any atom is 0.261 e. The van der Waals surface area contributed by atoms with Crippen molar-refractivity contribution in [1.82, 2.24) is 20.1 Å². The summed E-state index contributed by atoms with van der Waals surface area (Å²) in [6.45, 7) is 10.5. The molecule has 0 atom stereocenters. The molecule has 2 aromatic heterocycles. The number of halogens is 1. The number of nitrogens with zero attached hydrogens (tertiary/aromatic N) is 2. The number of amides is 1. The number of carbonyl (C=O) groups excluding carboxylic acids is 1. The van der Waals surface area contributed by atoms with Crippen molar-refractivity contribution < 1.29 is 4.79 Å². The normalized spacial score (nSPS) is 11.6. The van der Waals surface area contributed by atoms with E-state index in [1.54, 1.807) is 16.8 Å². The van der Waals surface area contributed by atoms with Gasteiger partial charge in [0, 0.05) is 17.7 Å². The number of aryl methyl sites for hydroxylation is 1. The van der Waals surface area contributed by atoms with Crippen molar-refractivity contribution in [1.29, 1.82) is 0 Å². The van der Waals surface area contributed by atoms with Gasteiger partial charge in [-0.1, -0.05) is 32.4 Å². The average molecular weight is 351 g/mol. The monoisotopic (exact) mass is 350 g/mol. The van der Waals surface area contributed by atoms with Crippen LogP contribution in [0.3, 0.4) is 0 Å². The summed E-state index contributed by atoms with van der Waals surface area (Å²) in [5, 5.41) is 7.68. The first-order valence-corrected chi connectivity index (χ1v) is 8.20. The Morgan fingerprint density at radius 3 is 2.50 bits per heavy atom. The van der Waals surface area contributed by atoms with E-state index in [-0.39, 0.29) is 16.5 Å². The molecule has 2 heterocycles. The molecule has 0 unspecified atom stereocenters. The molecule has 2 N–H and O–H groups in total. The zero-order chi connectivity index (χ0) is 18.1. The Hall–Kier alpha value is -2.08. The third kappa shape index (κ3) is 3.87. The predicted octanol–water partition coefficient (Wildman–Crippen LogP) is 2.57. The first-order valence-electron chi connectivity index (χ1n) is 7.82. The third-order valence-corrected chi connectivity index (χ3v) is 4.41. The van der Waals surface area contributed by atoms with Gasteiger partial charge in [0.2, 0.25) is 0 Å². The summed E-state index contributed by atoms with van der Waals surface area (Å²) in [5.74, 6) is -0.399. The fourth-order valence-electron chi connectivity index (χ4n) is 2.35. The molecule has 0 saturated carbocycles. The van der Waals surface area contributed by atoms with Gasteiger partial charge >= 0.3 is 0 Å². The SMILES string of the molecule is Cc1nn(CCNC(=O)c2ccc(C(C)(C)C)[nH]c2=O)c(C)c1Cl. The summed E-state index contributed by atoms with van der Waals surface area (Å²) in [6, 6.07) is 3.34. The maximum atomic E-state index is 12.2. The van der Waals surface area contributed by atoms with Crippen LogP contribution in [0, 0.1) is 13.8 Å². The Morgan fingerprint density at radius 2 is 2.00 bits per heavy atom. The van der Waals surface area contributed by atoms with Gasteiger partial charge in [0.1, 0.15) is 5.56 Å². The van der Waals surface area contributed by atoms with E-state index in [0.717, 1.165) is 17.1 Å². The van der Waals surface area contributed by atoms with Gasteiger partial charge < -0.3 is 10.3 Å². The van der Waals surface area contributed by atoms with Crippen LogP contribution in [-0.2, 0) is 12.0 Å². The van der Waals surface area contributed by atoms with Crippen LogP contribution in [0.4, 0.5) is 0 Å². The molecule has 130 valence electrons. The third-order valence-electron chi connectivity index (χ3n) is 3.86. The molecule has 0 radical (unpaired) electrons. The largest absolute Gasteiger partial charge is 0.350 e. The lowest BCUT2D eigenvalue weighted by molar-refractivity contribution is 0.0950. The van der Waals surface area contributed by atoms with Crippen molar-refractivity contribution >= 4 is 17.5 Å². The summed E-state index contributed by atoms with van der Waals surface area (Å²) >= 11 is 6.09. The van der Waals surface area contributed by atoms with Crippen LogP contribution in [0.1, 0.15) is 48.2 Å². The minimum absolute atomic E-state index is 0.106. The molecule has 0 aliphatic carbocycles. The molecule has 0 saturated heterocycles. The zero-order valence-electron chi connectivity index (χ0n) is 14.7. The lowest BCUT2D eigenvalue weighted by atomic mass is 9.91. The maximum absolute atomic E-state index is 12.2. The first kappa shape index (κ1) is 18.3. The van der Waals surface area contributed by atoms with Gasteiger partial charge in [0.15, 0.2) is 0 Å². The summed E-state index contributed by atoms with van der Waals surface area (Å²) in [6.07, 6.45) is 0. The van der Waals surface area contributed by atoms with E-state index in [2.05, 4.69) is 15.4 Å². The van der Waals surface area contributed by atoms with Crippen LogP contribution in [-0.4, -0.2) is 27.2 Å². The van der Waals surface area contributed by atoms with Gasteiger partial charge in [-0.2, -0.15) is 5.10 Å². The van der Waals surface area contributed by atoms with Gasteiger partial charge in [0.05, 0.1) is 23.0 Å². The second kappa shape index (κ2) is 6.81. The van der Waals surface area contributed by atoms with Crippen molar-refractivity contribution in [2.24, 2.45) is 0 Å². The standard InChI is InChI=1S/C17H23ClN4O2/c1-10-14(18)11(2)22(21-10)9-8-19-15(23)12-6-7-13(17(3,4)5)20-16(12)24/h6-7H,8-9H2,1-5H3,(H,19,23)(H,20,24). The predicted molar refractivity (Wildman–Crippen MR) is 94.8 cm³/mol. The molecule has 0 bridgehead atoms. The van der Waals surface area contributed by atoms with Crippen molar-refractivity contribution in [2.75, 3.05) is 6.54 Å². The van der Waals surface area contributed by atoms with Gasteiger partial charge in [-0.3, -0.25) is 14.3 Å². The first-order chi connectivity index (χ1) is 11.1. The molecule has 0 spiro atoms. The highest BCUT2D eigenvalue weighted by molar-refractivity contribution is 6.31. The number of rotatable bonds is 4. The van der Waals surface area contributed by atoms with E-state index >= 15 is 0 Å². The number of H-pyrrole nitrogens is 1. The quantitative estimate of drug-likeness (QED) is 0.889. The minimum atomic E-state index is -0.399. The highest BCUT2D eigenvalue weighted by Crippen LogP contribution is 2.19. The van der Waals surface area contributed by atoms with Crippen molar-refractivity contribution in [3.63, 3.8) is 0 Å². The van der Waals surface area contributed by atoms with Gasteiger partial charge in [0.25, 0.3) is 11.5 Å². The van der Waals surface area contributed by atoms with Crippen LogP contribution >= 0.6 is 11.6 Å². The van der Waals surface area contributed by atoms with Crippen molar-refractivity contribution in [3.8, 4) is 0 Å². The minimum Gasteiger partial charge on any atom is -0.350 e. The molecular weight excluding hydrogens is 328 g/mol. The van der Waals surface area contributed by atoms with Crippen LogP contribution in [0.15, 0.2) is 16.9 Å². The van der Waals surface area contributed by atoms with Gasteiger partial charge in [-0.05, 0) is 26.0 Å². The van der Waals surface area contributed by atoms with Crippen molar-refractivity contribution in [3.05, 3.63) is 50.2 Å². The number of pyridine rings is 1. The Bertz CT molecular complexity index is 815. The topological polar surface area (TPSA) is 79.8 Å². The number of hydrogen-bond acceptors (Lipinski definition) is 3. The van der Waals surface area contributed by atoms with E-state index in [9.17, 15) is 9.59 Å². The molecule has 2 rings (SSSR count). The molecule has 7 heteroatoms.